The van der Waals surface area contributed by atoms with E-state index in [0.29, 0.717) is 17.9 Å². The third-order valence-electron chi connectivity index (χ3n) is 2.29. The molecule has 90 valence electrons. The summed E-state index contributed by atoms with van der Waals surface area (Å²) in [6.07, 6.45) is -1.84. The van der Waals surface area contributed by atoms with E-state index in [-0.39, 0.29) is 0 Å². The van der Waals surface area contributed by atoms with Crippen LogP contribution in [0.3, 0.4) is 0 Å². The smallest absolute Gasteiger partial charge is 0.124 e. The van der Waals surface area contributed by atoms with Crippen LogP contribution in [0.2, 0.25) is 0 Å². The summed E-state index contributed by atoms with van der Waals surface area (Å²) in [4.78, 5) is 0. The van der Waals surface area contributed by atoms with E-state index in [9.17, 15) is 10.2 Å². The first-order valence-electron chi connectivity index (χ1n) is 4.94. The molecule has 0 heterocycles. The van der Waals surface area contributed by atoms with Crippen molar-refractivity contribution in [3.63, 3.8) is 0 Å². The monoisotopic (exact) mass is 289 g/mol. The molecule has 0 aliphatic carbocycles. The fourth-order valence-electron chi connectivity index (χ4n) is 1.46. The quantitative estimate of drug-likeness (QED) is 0.759. The molecule has 0 amide bonds. The molecule has 0 aromatic heterocycles. The Morgan fingerprint density at radius 2 is 2.12 bits per heavy atom. The van der Waals surface area contributed by atoms with Gasteiger partial charge in [-0.25, -0.2) is 0 Å². The number of likely N-dealkylation sites (N-methyl/N-ethyl adjacent to an activating group) is 1. The third kappa shape index (κ3) is 3.18. The Morgan fingerprint density at radius 3 is 2.69 bits per heavy atom. The van der Waals surface area contributed by atoms with Crippen molar-refractivity contribution in [1.82, 2.24) is 5.32 Å². The van der Waals surface area contributed by atoms with Gasteiger partial charge in [-0.2, -0.15) is 0 Å². The van der Waals surface area contributed by atoms with Gasteiger partial charge in [-0.05, 0) is 25.2 Å². The molecule has 0 saturated heterocycles. The predicted molar refractivity (Wildman–Crippen MR) is 65.6 cm³/mol. The Balaban J connectivity index is 2.96. The van der Waals surface area contributed by atoms with E-state index in [1.807, 2.05) is 6.07 Å². The fourth-order valence-corrected chi connectivity index (χ4v) is 1.84. The maximum Gasteiger partial charge on any atom is 0.124 e. The highest BCUT2D eigenvalue weighted by Crippen LogP contribution is 2.30. The minimum absolute atomic E-state index is 0.316. The number of aliphatic hydroxyl groups is 2. The maximum atomic E-state index is 9.97. The van der Waals surface area contributed by atoms with E-state index in [2.05, 4.69) is 21.2 Å². The zero-order valence-electron chi connectivity index (χ0n) is 9.27. The van der Waals surface area contributed by atoms with E-state index in [0.717, 1.165) is 4.47 Å². The number of aliphatic hydroxyl groups excluding tert-OH is 2. The first kappa shape index (κ1) is 13.4. The number of nitrogens with one attached hydrogen (secondary N) is 1. The molecule has 4 nitrogen and oxygen atoms in total. The minimum Gasteiger partial charge on any atom is -0.496 e. The summed E-state index contributed by atoms with van der Waals surface area (Å²) in [6, 6.07) is 5.30. The van der Waals surface area contributed by atoms with E-state index in [1.54, 1.807) is 19.2 Å². The van der Waals surface area contributed by atoms with E-state index in [4.69, 9.17) is 4.74 Å². The van der Waals surface area contributed by atoms with Crippen molar-refractivity contribution < 1.29 is 14.9 Å². The van der Waals surface area contributed by atoms with Crippen LogP contribution in [-0.4, -0.2) is 37.0 Å². The summed E-state index contributed by atoms with van der Waals surface area (Å²) in [5.41, 5.74) is 0.569. The summed E-state index contributed by atoms with van der Waals surface area (Å²) < 4.78 is 5.97. The Hall–Kier alpha value is -0.620. The molecule has 2 unspecified atom stereocenters. The lowest BCUT2D eigenvalue weighted by Gasteiger charge is -2.20. The summed E-state index contributed by atoms with van der Waals surface area (Å²) >= 11 is 3.32. The van der Waals surface area contributed by atoms with Crippen molar-refractivity contribution in [2.75, 3.05) is 20.7 Å². The van der Waals surface area contributed by atoms with Crippen LogP contribution in [0.15, 0.2) is 22.7 Å². The Labute approximate surface area is 103 Å². The van der Waals surface area contributed by atoms with Gasteiger partial charge in [-0.3, -0.25) is 0 Å². The van der Waals surface area contributed by atoms with E-state index >= 15 is 0 Å². The van der Waals surface area contributed by atoms with Crippen molar-refractivity contribution in [3.8, 4) is 5.75 Å². The lowest BCUT2D eigenvalue weighted by Crippen LogP contribution is -2.29. The fraction of sp³-hybridized carbons (Fsp3) is 0.455. The van der Waals surface area contributed by atoms with Crippen LogP contribution in [0.25, 0.3) is 0 Å². The highest BCUT2D eigenvalue weighted by atomic mass is 79.9. The lowest BCUT2D eigenvalue weighted by atomic mass is 10.0. The van der Waals surface area contributed by atoms with Crippen LogP contribution in [0.4, 0.5) is 0 Å². The minimum atomic E-state index is -0.972. The molecule has 0 bridgehead atoms. The highest BCUT2D eigenvalue weighted by Gasteiger charge is 2.21. The van der Waals surface area contributed by atoms with Gasteiger partial charge >= 0.3 is 0 Å². The Bertz CT molecular complexity index is 346. The predicted octanol–water partition coefficient (Wildman–Crippen LogP) is 1.07. The molecule has 0 saturated carbocycles. The largest absolute Gasteiger partial charge is 0.496 e. The second-order valence-corrected chi connectivity index (χ2v) is 4.37. The van der Waals surface area contributed by atoms with Gasteiger partial charge in [-0.1, -0.05) is 15.9 Å². The van der Waals surface area contributed by atoms with Crippen LogP contribution < -0.4 is 10.1 Å². The van der Waals surface area contributed by atoms with Gasteiger partial charge in [-0.15, -0.1) is 0 Å². The molecule has 2 atom stereocenters. The molecule has 0 aliphatic rings. The third-order valence-corrected chi connectivity index (χ3v) is 2.78. The van der Waals surface area contributed by atoms with Crippen molar-refractivity contribution in [3.05, 3.63) is 28.2 Å². The first-order valence-corrected chi connectivity index (χ1v) is 5.73. The summed E-state index contributed by atoms with van der Waals surface area (Å²) in [6.45, 7) is 0.316. The molecule has 0 radical (unpaired) electrons. The molecule has 0 fully saturated rings. The summed E-state index contributed by atoms with van der Waals surface area (Å²) in [5, 5.41) is 22.5. The lowest BCUT2D eigenvalue weighted by molar-refractivity contribution is 0.0188. The molecule has 0 aliphatic heterocycles. The van der Waals surface area contributed by atoms with Gasteiger partial charge in [0.25, 0.3) is 0 Å². The van der Waals surface area contributed by atoms with E-state index in [1.165, 1.54) is 7.11 Å². The molecule has 1 rings (SSSR count). The van der Waals surface area contributed by atoms with Crippen molar-refractivity contribution in [1.29, 1.82) is 0 Å². The van der Waals surface area contributed by atoms with Crippen LogP contribution in [0, 0.1) is 0 Å². The maximum absolute atomic E-state index is 9.97. The van der Waals surface area contributed by atoms with Crippen molar-refractivity contribution in [2.45, 2.75) is 12.2 Å². The van der Waals surface area contributed by atoms with Gasteiger partial charge < -0.3 is 20.3 Å². The molecule has 5 heteroatoms. The molecule has 1 aromatic rings. The standard InChI is InChI=1S/C11H16BrNO3/c1-13-6-9(14)11(15)8-5-7(12)3-4-10(8)16-2/h3-5,9,11,13-15H,6H2,1-2H3. The Kier molecular flexibility index (Phi) is 5.21. The first-order chi connectivity index (χ1) is 7.60. The van der Waals surface area contributed by atoms with E-state index < -0.39 is 12.2 Å². The molecule has 16 heavy (non-hydrogen) atoms. The number of hydrogen-bond acceptors (Lipinski definition) is 4. The topological polar surface area (TPSA) is 61.7 Å². The molecular formula is C11H16BrNO3. The summed E-state index contributed by atoms with van der Waals surface area (Å²) in [5.74, 6) is 0.561. The summed E-state index contributed by atoms with van der Waals surface area (Å²) in [7, 11) is 3.25. The molecule has 3 N–H and O–H groups in total. The Morgan fingerprint density at radius 1 is 1.44 bits per heavy atom. The SMILES string of the molecule is CNCC(O)C(O)c1cc(Br)ccc1OC. The second kappa shape index (κ2) is 6.20. The van der Waals surface area contributed by atoms with Gasteiger partial charge in [0.05, 0.1) is 13.2 Å². The normalized spacial score (nSPS) is 14.6. The number of hydrogen-bond donors (Lipinski definition) is 3. The second-order valence-electron chi connectivity index (χ2n) is 3.46. The van der Waals surface area contributed by atoms with Crippen LogP contribution in [0.5, 0.6) is 5.75 Å². The van der Waals surface area contributed by atoms with Gasteiger partial charge in [0.1, 0.15) is 11.9 Å². The van der Waals surface area contributed by atoms with Crippen LogP contribution in [0.1, 0.15) is 11.7 Å². The number of methoxy groups -OCH3 is 1. The number of halogens is 1. The van der Waals surface area contributed by atoms with Gasteiger partial charge in [0.2, 0.25) is 0 Å². The molecule has 1 aromatic carbocycles. The zero-order valence-corrected chi connectivity index (χ0v) is 10.9. The van der Waals surface area contributed by atoms with Crippen molar-refractivity contribution in [2.24, 2.45) is 0 Å². The van der Waals surface area contributed by atoms with Crippen LogP contribution in [-0.2, 0) is 0 Å². The van der Waals surface area contributed by atoms with Gasteiger partial charge in [0, 0.05) is 16.6 Å². The van der Waals surface area contributed by atoms with Crippen LogP contribution >= 0.6 is 15.9 Å². The average Bonchev–Trinajstić information content (AvgIpc) is 2.28. The number of ether oxygens (including phenoxy) is 1. The zero-order chi connectivity index (χ0) is 12.1. The van der Waals surface area contributed by atoms with Crippen molar-refractivity contribution >= 4 is 15.9 Å². The average molecular weight is 290 g/mol. The number of benzene rings is 1. The highest BCUT2D eigenvalue weighted by molar-refractivity contribution is 9.10. The molecule has 0 spiro atoms. The number of rotatable bonds is 5. The molecular weight excluding hydrogens is 274 g/mol. The van der Waals surface area contributed by atoms with Gasteiger partial charge in [0.15, 0.2) is 0 Å².